The van der Waals surface area contributed by atoms with E-state index >= 15 is 0 Å². The van der Waals surface area contributed by atoms with Gasteiger partial charge >= 0.3 is 0 Å². The molecule has 170 valence electrons. The third-order valence-electron chi connectivity index (χ3n) is 5.67. The average molecular weight is 458 g/mol. The van der Waals surface area contributed by atoms with E-state index in [1.807, 2.05) is 11.0 Å². The van der Waals surface area contributed by atoms with Gasteiger partial charge in [-0.15, -0.1) is 0 Å². The van der Waals surface area contributed by atoms with Gasteiger partial charge in [0.05, 0.1) is 31.0 Å². The van der Waals surface area contributed by atoms with Crippen molar-refractivity contribution in [2.24, 2.45) is 0 Å². The Balaban J connectivity index is 1.71. The van der Waals surface area contributed by atoms with Gasteiger partial charge in [-0.25, -0.2) is 13.4 Å². The van der Waals surface area contributed by atoms with Crippen molar-refractivity contribution in [2.45, 2.75) is 36.7 Å². The van der Waals surface area contributed by atoms with Crippen LogP contribution in [0.15, 0.2) is 47.6 Å². The molecule has 9 heteroatoms. The lowest BCUT2D eigenvalue weighted by molar-refractivity contribution is -0.132. The van der Waals surface area contributed by atoms with Crippen LogP contribution in [0.5, 0.6) is 11.5 Å². The maximum Gasteiger partial charge on any atom is 0.242 e. The van der Waals surface area contributed by atoms with Gasteiger partial charge in [-0.05, 0) is 49.1 Å². The Morgan fingerprint density at radius 2 is 1.66 bits per heavy atom. The molecule has 1 fully saturated rings. The molecule has 0 N–H and O–H groups in total. The molecule has 0 aliphatic carbocycles. The Labute approximate surface area is 187 Å². The topological polar surface area (TPSA) is 90.7 Å². The minimum absolute atomic E-state index is 0.0590. The maximum atomic E-state index is 13.5. The molecule has 0 bridgehead atoms. The number of hydrogen-bond donors (Lipinski definition) is 0. The Morgan fingerprint density at radius 1 is 1.00 bits per heavy atom. The van der Waals surface area contributed by atoms with Crippen LogP contribution in [-0.2, 0) is 26.9 Å². The van der Waals surface area contributed by atoms with Crippen LogP contribution in [-0.4, -0.2) is 56.1 Å². The number of carbonyl (C=O) groups is 1. The Hall–Kier alpha value is -3.07. The second-order valence-electron chi connectivity index (χ2n) is 7.89. The second kappa shape index (κ2) is 9.20. The molecule has 3 aromatic rings. The fourth-order valence-electron chi connectivity index (χ4n) is 4.06. The lowest BCUT2D eigenvalue weighted by atomic mass is 10.1. The summed E-state index contributed by atoms with van der Waals surface area (Å²) in [6, 6.07) is 12.2. The van der Waals surface area contributed by atoms with E-state index in [2.05, 4.69) is 4.98 Å². The van der Waals surface area contributed by atoms with Gasteiger partial charge in [-0.1, -0.05) is 12.1 Å². The summed E-state index contributed by atoms with van der Waals surface area (Å²) >= 11 is 0. The van der Waals surface area contributed by atoms with Gasteiger partial charge in [0, 0.05) is 19.2 Å². The molecule has 1 aliphatic heterocycles. The van der Waals surface area contributed by atoms with Gasteiger partial charge in [0.25, 0.3) is 0 Å². The van der Waals surface area contributed by atoms with Crippen LogP contribution in [0.3, 0.4) is 0 Å². The van der Waals surface area contributed by atoms with Crippen molar-refractivity contribution >= 4 is 26.8 Å². The first-order valence-electron chi connectivity index (χ1n) is 10.6. The van der Waals surface area contributed by atoms with Crippen LogP contribution in [0.1, 0.15) is 24.8 Å². The zero-order chi connectivity index (χ0) is 22.7. The highest BCUT2D eigenvalue weighted by molar-refractivity contribution is 7.90. The number of para-hydroxylation sites is 2. The maximum absolute atomic E-state index is 13.5. The average Bonchev–Trinajstić information content (AvgIpc) is 3.18. The summed E-state index contributed by atoms with van der Waals surface area (Å²) in [7, 11) is -0.837. The fraction of sp³-hybridized carbons (Fsp3) is 0.391. The lowest BCUT2D eigenvalue weighted by Crippen LogP contribution is -2.38. The first-order chi connectivity index (χ1) is 15.4. The number of carbonyl (C=O) groups excluding carboxylic acids is 1. The van der Waals surface area contributed by atoms with Gasteiger partial charge in [-0.2, -0.15) is 0 Å². The van der Waals surface area contributed by atoms with Crippen molar-refractivity contribution < 1.29 is 22.7 Å². The summed E-state index contributed by atoms with van der Waals surface area (Å²) in [5, 5.41) is -0.106. The highest BCUT2D eigenvalue weighted by Gasteiger charge is 2.27. The smallest absolute Gasteiger partial charge is 0.242 e. The minimum atomic E-state index is -3.86. The van der Waals surface area contributed by atoms with Crippen LogP contribution in [0, 0.1) is 0 Å². The molecule has 1 aromatic heterocycles. The zero-order valence-corrected chi connectivity index (χ0v) is 19.1. The number of rotatable bonds is 7. The molecule has 32 heavy (non-hydrogen) atoms. The van der Waals surface area contributed by atoms with Crippen molar-refractivity contribution in [1.29, 1.82) is 0 Å². The number of fused-ring (bicyclic) bond motifs is 1. The number of benzene rings is 2. The minimum Gasteiger partial charge on any atom is -0.497 e. The predicted molar refractivity (Wildman–Crippen MR) is 121 cm³/mol. The number of methoxy groups -OCH3 is 2. The highest BCUT2D eigenvalue weighted by atomic mass is 32.2. The number of amides is 1. The summed E-state index contributed by atoms with van der Waals surface area (Å²) in [4.78, 5) is 19.2. The number of piperidine rings is 1. The molecule has 8 nitrogen and oxygen atoms in total. The number of hydrogen-bond acceptors (Lipinski definition) is 6. The zero-order valence-electron chi connectivity index (χ0n) is 18.3. The Bertz CT molecular complexity index is 1210. The predicted octanol–water partition coefficient (Wildman–Crippen LogP) is 3.04. The molecular weight excluding hydrogens is 430 g/mol. The Kier molecular flexibility index (Phi) is 6.36. The number of sulfone groups is 1. The normalized spacial score (nSPS) is 14.5. The molecule has 0 atom stereocenters. The summed E-state index contributed by atoms with van der Waals surface area (Å²) < 4.78 is 39.0. The van der Waals surface area contributed by atoms with Crippen molar-refractivity contribution in [3.8, 4) is 11.5 Å². The lowest BCUT2D eigenvalue weighted by Gasteiger charge is -2.27. The first kappa shape index (κ1) is 22.1. The second-order valence-corrected chi connectivity index (χ2v) is 9.77. The van der Waals surface area contributed by atoms with Crippen LogP contribution >= 0.6 is 0 Å². The molecule has 0 spiro atoms. The van der Waals surface area contributed by atoms with Crippen LogP contribution in [0.4, 0.5) is 0 Å². The largest absolute Gasteiger partial charge is 0.497 e. The van der Waals surface area contributed by atoms with Gasteiger partial charge in [-0.3, -0.25) is 4.79 Å². The molecule has 1 aliphatic rings. The summed E-state index contributed by atoms with van der Waals surface area (Å²) in [5.74, 6) is 0.626. The van der Waals surface area contributed by atoms with E-state index in [9.17, 15) is 13.2 Å². The molecule has 2 aromatic carbocycles. The number of nitrogens with zero attached hydrogens (tertiary/aromatic N) is 3. The summed E-state index contributed by atoms with van der Waals surface area (Å²) in [6.07, 6.45) is 3.06. The highest BCUT2D eigenvalue weighted by Crippen LogP contribution is 2.27. The summed E-state index contributed by atoms with van der Waals surface area (Å²) in [5.41, 5.74) is 1.68. The molecular formula is C23H27N3O5S. The van der Waals surface area contributed by atoms with E-state index in [0.717, 1.165) is 19.3 Å². The van der Waals surface area contributed by atoms with E-state index in [1.54, 1.807) is 36.4 Å². The molecule has 0 radical (unpaired) electrons. The van der Waals surface area contributed by atoms with Crippen molar-refractivity contribution in [2.75, 3.05) is 27.3 Å². The number of ether oxygens (including phenoxy) is 2. The van der Waals surface area contributed by atoms with Crippen molar-refractivity contribution in [3.63, 3.8) is 0 Å². The van der Waals surface area contributed by atoms with Crippen molar-refractivity contribution in [1.82, 2.24) is 14.5 Å². The fourth-order valence-corrected chi connectivity index (χ4v) is 5.53. The van der Waals surface area contributed by atoms with Crippen LogP contribution in [0.2, 0.25) is 0 Å². The third kappa shape index (κ3) is 4.57. The Morgan fingerprint density at radius 3 is 2.31 bits per heavy atom. The van der Waals surface area contributed by atoms with E-state index in [4.69, 9.17) is 9.47 Å². The molecule has 1 saturated heterocycles. The summed E-state index contributed by atoms with van der Waals surface area (Å²) in [6.45, 7) is 1.35. The molecule has 0 unspecified atom stereocenters. The molecule has 0 saturated carbocycles. The van der Waals surface area contributed by atoms with Crippen molar-refractivity contribution in [3.05, 3.63) is 48.0 Å². The van der Waals surface area contributed by atoms with Gasteiger partial charge in [0.2, 0.25) is 20.9 Å². The van der Waals surface area contributed by atoms with E-state index < -0.39 is 9.84 Å². The van der Waals surface area contributed by atoms with Gasteiger partial charge in [0.15, 0.2) is 0 Å². The van der Waals surface area contributed by atoms with E-state index in [0.29, 0.717) is 41.2 Å². The third-order valence-corrected chi connectivity index (χ3v) is 7.25. The first-order valence-corrected chi connectivity index (χ1v) is 12.2. The van der Waals surface area contributed by atoms with Crippen LogP contribution < -0.4 is 9.47 Å². The van der Waals surface area contributed by atoms with Gasteiger partial charge in [0.1, 0.15) is 18.0 Å². The number of likely N-dealkylation sites (tertiary alicyclic amines) is 1. The van der Waals surface area contributed by atoms with Crippen LogP contribution in [0.25, 0.3) is 11.0 Å². The molecule has 4 rings (SSSR count). The van der Waals surface area contributed by atoms with Gasteiger partial charge < -0.3 is 18.9 Å². The van der Waals surface area contributed by atoms with E-state index in [-0.39, 0.29) is 23.4 Å². The number of imidazole rings is 1. The number of aromatic nitrogens is 2. The standard InChI is InChI=1S/C23H27N3O5S/c1-30-18-12-17(13-19(14-18)31-2)16-32(28,29)23-24-20-8-4-5-9-21(20)26(23)15-22(27)25-10-6-3-7-11-25/h4-5,8-9,12-14H,3,6-7,10-11,15-16H2,1-2H3. The monoisotopic (exact) mass is 457 g/mol. The molecule has 2 heterocycles. The van der Waals surface area contributed by atoms with E-state index in [1.165, 1.54) is 18.8 Å². The molecule has 1 amide bonds. The SMILES string of the molecule is COc1cc(CS(=O)(=O)c2nc3ccccc3n2CC(=O)N2CCCCC2)cc(OC)c1. The quantitative estimate of drug-likeness (QED) is 0.542.